The number of alkyl halides is 1. The van der Waals surface area contributed by atoms with Crippen LogP contribution in [0.2, 0.25) is 0 Å². The van der Waals surface area contributed by atoms with Gasteiger partial charge in [0.15, 0.2) is 0 Å². The summed E-state index contributed by atoms with van der Waals surface area (Å²) in [5.74, 6) is -3.56. The topological polar surface area (TPSA) is 107 Å². The van der Waals surface area contributed by atoms with Crippen molar-refractivity contribution >= 4 is 39.4 Å². The lowest BCUT2D eigenvalue weighted by atomic mass is 9.70. The first-order valence-corrected chi connectivity index (χ1v) is 13.5. The average molecular weight is 563 g/mol. The number of unbranched alkanes of at least 4 members (excludes halogenated alkanes) is 3. The van der Waals surface area contributed by atoms with Crippen LogP contribution >= 0.6 is 15.9 Å². The number of aliphatic carboxylic acids is 1. The standard InChI is InChI=1S/C27H35BrN2O6/c1-4-11-29(19-14-16(2)9-10-17(19)3)25(33)23-27-15-18(28)22(36-27)20(26(34)35)21(27)24(32)30(23)12-7-5-6-8-13-31/h4,9-10,14,18,20-23,31H,1,5-8,11-13,15H2,2-3H3,(H,34,35)/t18?,20-,21+,22-,23?,27?/m1/s1. The number of amides is 2. The summed E-state index contributed by atoms with van der Waals surface area (Å²) in [5.41, 5.74) is 1.47. The van der Waals surface area contributed by atoms with Crippen LogP contribution in [-0.2, 0) is 19.1 Å². The molecule has 3 saturated heterocycles. The zero-order valence-electron chi connectivity index (χ0n) is 20.9. The van der Waals surface area contributed by atoms with Gasteiger partial charge in [0.25, 0.3) is 5.91 Å². The maximum atomic E-state index is 14.4. The molecule has 2 bridgehead atoms. The monoisotopic (exact) mass is 562 g/mol. The second kappa shape index (κ2) is 10.6. The van der Waals surface area contributed by atoms with Gasteiger partial charge in [-0.1, -0.05) is 47.0 Å². The number of hydrogen-bond acceptors (Lipinski definition) is 5. The summed E-state index contributed by atoms with van der Waals surface area (Å²) in [6.45, 7) is 8.44. The lowest BCUT2D eigenvalue weighted by Gasteiger charge is -2.37. The Morgan fingerprint density at radius 1 is 1.28 bits per heavy atom. The Balaban J connectivity index is 1.75. The highest BCUT2D eigenvalue weighted by molar-refractivity contribution is 9.09. The van der Waals surface area contributed by atoms with E-state index in [2.05, 4.69) is 22.5 Å². The Bertz CT molecular complexity index is 1050. The van der Waals surface area contributed by atoms with Crippen molar-refractivity contribution in [3.05, 3.63) is 42.0 Å². The van der Waals surface area contributed by atoms with Crippen molar-refractivity contribution in [2.45, 2.75) is 68.5 Å². The number of ether oxygens (including phenoxy) is 1. The molecule has 6 atom stereocenters. The van der Waals surface area contributed by atoms with E-state index in [-0.39, 0.29) is 29.8 Å². The van der Waals surface area contributed by atoms with Crippen molar-refractivity contribution in [2.75, 3.05) is 24.6 Å². The van der Waals surface area contributed by atoms with Crippen LogP contribution in [0.15, 0.2) is 30.9 Å². The fourth-order valence-corrected chi connectivity index (χ4v) is 7.22. The molecule has 196 valence electrons. The van der Waals surface area contributed by atoms with E-state index in [1.807, 2.05) is 32.0 Å². The largest absolute Gasteiger partial charge is 0.481 e. The number of nitrogens with zero attached hydrogens (tertiary/aromatic N) is 2. The molecular formula is C27H35BrN2O6. The molecule has 1 spiro atoms. The van der Waals surface area contributed by atoms with Gasteiger partial charge in [-0.3, -0.25) is 14.4 Å². The third-order valence-electron chi connectivity index (χ3n) is 7.85. The molecule has 0 radical (unpaired) electrons. The highest BCUT2D eigenvalue weighted by atomic mass is 79.9. The number of aryl methyl sites for hydroxylation is 2. The van der Waals surface area contributed by atoms with E-state index in [0.717, 1.165) is 29.7 Å². The second-order valence-electron chi connectivity index (χ2n) is 10.2. The predicted molar refractivity (Wildman–Crippen MR) is 139 cm³/mol. The Morgan fingerprint density at radius 2 is 2.00 bits per heavy atom. The number of halogens is 1. The fourth-order valence-electron chi connectivity index (χ4n) is 6.27. The number of rotatable bonds is 11. The summed E-state index contributed by atoms with van der Waals surface area (Å²) in [6.07, 6.45) is 4.34. The Labute approximate surface area is 220 Å². The SMILES string of the molecule is C=CCN(C(=O)C1N(CCCCCCO)C(=O)[C@@H]2[C@@H](C(=O)O)[C@@H]3OC12CC3Br)c1cc(C)ccc1C. The van der Waals surface area contributed by atoms with Crippen molar-refractivity contribution < 1.29 is 29.3 Å². The Morgan fingerprint density at radius 3 is 2.67 bits per heavy atom. The highest BCUT2D eigenvalue weighted by Gasteiger charge is 2.76. The van der Waals surface area contributed by atoms with Crippen LogP contribution < -0.4 is 4.90 Å². The zero-order valence-corrected chi connectivity index (χ0v) is 22.4. The van der Waals surface area contributed by atoms with Gasteiger partial charge in [0, 0.05) is 30.2 Å². The number of carboxylic acids is 1. The second-order valence-corrected chi connectivity index (χ2v) is 11.4. The number of anilines is 1. The summed E-state index contributed by atoms with van der Waals surface area (Å²) < 4.78 is 6.37. The molecular weight excluding hydrogens is 528 g/mol. The first-order valence-electron chi connectivity index (χ1n) is 12.6. The fraction of sp³-hybridized carbons (Fsp3) is 0.593. The number of carbonyl (C=O) groups is 3. The van der Waals surface area contributed by atoms with E-state index >= 15 is 0 Å². The average Bonchev–Trinajstić information content (AvgIpc) is 3.42. The van der Waals surface area contributed by atoms with Crippen molar-refractivity contribution in [2.24, 2.45) is 11.8 Å². The molecule has 4 rings (SSSR count). The molecule has 1 aromatic carbocycles. The minimum Gasteiger partial charge on any atom is -0.481 e. The molecule has 3 fully saturated rings. The molecule has 3 aliphatic rings. The number of carbonyl (C=O) groups excluding carboxylic acids is 2. The molecule has 0 saturated carbocycles. The molecule has 8 nitrogen and oxygen atoms in total. The van der Waals surface area contributed by atoms with Crippen molar-refractivity contribution in [3.8, 4) is 0 Å². The number of fused-ring (bicyclic) bond motifs is 1. The molecule has 3 aliphatic heterocycles. The van der Waals surface area contributed by atoms with Gasteiger partial charge in [0.2, 0.25) is 5.91 Å². The first kappa shape index (κ1) is 26.8. The molecule has 2 amide bonds. The molecule has 3 heterocycles. The van der Waals surface area contributed by atoms with E-state index in [1.165, 1.54) is 0 Å². The van der Waals surface area contributed by atoms with E-state index in [1.54, 1.807) is 15.9 Å². The summed E-state index contributed by atoms with van der Waals surface area (Å²) in [6, 6.07) is 4.96. The highest BCUT2D eigenvalue weighted by Crippen LogP contribution is 2.60. The van der Waals surface area contributed by atoms with Gasteiger partial charge in [0.05, 0.1) is 17.9 Å². The maximum absolute atomic E-state index is 14.4. The summed E-state index contributed by atoms with van der Waals surface area (Å²) in [7, 11) is 0. The van der Waals surface area contributed by atoms with Gasteiger partial charge in [-0.2, -0.15) is 0 Å². The van der Waals surface area contributed by atoms with Gasteiger partial charge in [-0.05, 0) is 50.3 Å². The van der Waals surface area contributed by atoms with Gasteiger partial charge in [-0.25, -0.2) is 0 Å². The number of hydrogen-bond donors (Lipinski definition) is 2. The van der Waals surface area contributed by atoms with Crippen LogP contribution in [-0.4, -0.2) is 75.2 Å². The Kier molecular flexibility index (Phi) is 7.92. The number of aliphatic hydroxyl groups excluding tert-OH is 1. The van der Waals surface area contributed by atoms with Crippen LogP contribution in [0.3, 0.4) is 0 Å². The number of carboxylic acid groups (broad SMARTS) is 1. The molecule has 1 aromatic rings. The van der Waals surface area contributed by atoms with Crippen molar-refractivity contribution in [1.29, 1.82) is 0 Å². The van der Waals surface area contributed by atoms with E-state index < -0.39 is 35.6 Å². The minimum absolute atomic E-state index is 0.115. The zero-order chi connectivity index (χ0) is 26.2. The first-order chi connectivity index (χ1) is 17.2. The van der Waals surface area contributed by atoms with E-state index in [4.69, 9.17) is 9.84 Å². The molecule has 2 N–H and O–H groups in total. The number of likely N-dealkylation sites (tertiary alicyclic amines) is 1. The van der Waals surface area contributed by atoms with Gasteiger partial charge in [0.1, 0.15) is 11.6 Å². The van der Waals surface area contributed by atoms with Crippen LogP contribution in [0, 0.1) is 25.7 Å². The molecule has 3 unspecified atom stereocenters. The molecule has 9 heteroatoms. The van der Waals surface area contributed by atoms with Crippen molar-refractivity contribution in [3.63, 3.8) is 0 Å². The van der Waals surface area contributed by atoms with E-state index in [9.17, 15) is 19.5 Å². The predicted octanol–water partition coefficient (Wildman–Crippen LogP) is 3.21. The van der Waals surface area contributed by atoms with Gasteiger partial charge in [-0.15, -0.1) is 6.58 Å². The maximum Gasteiger partial charge on any atom is 0.310 e. The summed E-state index contributed by atoms with van der Waals surface area (Å²) in [5, 5.41) is 19.1. The van der Waals surface area contributed by atoms with Crippen molar-refractivity contribution in [1.82, 2.24) is 4.90 Å². The lowest BCUT2D eigenvalue weighted by molar-refractivity contribution is -0.149. The van der Waals surface area contributed by atoms with Crippen LogP contribution in [0.4, 0.5) is 5.69 Å². The summed E-state index contributed by atoms with van der Waals surface area (Å²) in [4.78, 5) is 43.5. The molecule has 0 aromatic heterocycles. The number of aliphatic hydroxyl groups is 1. The van der Waals surface area contributed by atoms with Crippen LogP contribution in [0.25, 0.3) is 0 Å². The molecule has 0 aliphatic carbocycles. The van der Waals surface area contributed by atoms with Crippen LogP contribution in [0.1, 0.15) is 43.2 Å². The quantitative estimate of drug-likeness (QED) is 0.243. The minimum atomic E-state index is -1.20. The van der Waals surface area contributed by atoms with Crippen LogP contribution in [0.5, 0.6) is 0 Å². The number of benzene rings is 1. The third kappa shape index (κ3) is 4.39. The third-order valence-corrected chi connectivity index (χ3v) is 8.69. The van der Waals surface area contributed by atoms with Gasteiger partial charge >= 0.3 is 5.97 Å². The lowest BCUT2D eigenvalue weighted by Crippen LogP contribution is -2.57. The summed E-state index contributed by atoms with van der Waals surface area (Å²) >= 11 is 3.58. The molecule has 36 heavy (non-hydrogen) atoms. The smallest absolute Gasteiger partial charge is 0.310 e. The van der Waals surface area contributed by atoms with Gasteiger partial charge < -0.3 is 24.7 Å². The Hall–Kier alpha value is -2.23. The normalized spacial score (nSPS) is 30.5. The van der Waals surface area contributed by atoms with E-state index in [0.29, 0.717) is 25.8 Å².